The van der Waals surface area contributed by atoms with Crippen molar-refractivity contribution >= 4 is 5.91 Å². The second-order valence-corrected chi connectivity index (χ2v) is 7.28. The van der Waals surface area contributed by atoms with E-state index in [2.05, 4.69) is 31.2 Å². The highest BCUT2D eigenvalue weighted by Gasteiger charge is 2.32. The lowest BCUT2D eigenvalue weighted by Crippen LogP contribution is -2.40. The van der Waals surface area contributed by atoms with Gasteiger partial charge >= 0.3 is 0 Å². The maximum atomic E-state index is 12.5. The van der Waals surface area contributed by atoms with Crippen LogP contribution in [-0.4, -0.2) is 17.1 Å². The van der Waals surface area contributed by atoms with Crippen LogP contribution in [0.15, 0.2) is 4.52 Å². The fourth-order valence-corrected chi connectivity index (χ4v) is 3.51. The van der Waals surface area contributed by atoms with E-state index in [0.29, 0.717) is 28.9 Å². The van der Waals surface area contributed by atoms with Crippen LogP contribution >= 0.6 is 0 Å². The fourth-order valence-electron chi connectivity index (χ4n) is 3.51. The molecule has 1 saturated carbocycles. The third kappa shape index (κ3) is 3.53. The van der Waals surface area contributed by atoms with E-state index in [-0.39, 0.29) is 11.9 Å². The minimum atomic E-state index is -0.0196. The number of aryl methyl sites for hydroxylation is 2. The van der Waals surface area contributed by atoms with Crippen molar-refractivity contribution in [1.29, 1.82) is 0 Å². The third-order valence-corrected chi connectivity index (χ3v) is 5.56. The highest BCUT2D eigenvalue weighted by molar-refractivity contribution is 5.96. The van der Waals surface area contributed by atoms with Crippen molar-refractivity contribution in [2.75, 3.05) is 0 Å². The first-order valence-corrected chi connectivity index (χ1v) is 8.65. The van der Waals surface area contributed by atoms with Crippen LogP contribution in [0.2, 0.25) is 0 Å². The Bertz CT molecular complexity index is 511. The van der Waals surface area contributed by atoms with Crippen molar-refractivity contribution in [3.63, 3.8) is 0 Å². The molecule has 0 spiro atoms. The molecule has 1 fully saturated rings. The van der Waals surface area contributed by atoms with Crippen molar-refractivity contribution in [2.24, 2.45) is 11.3 Å². The summed E-state index contributed by atoms with van der Waals surface area (Å²) < 4.78 is 5.22. The molecule has 0 atom stereocenters. The Kier molecular flexibility index (Phi) is 5.30. The van der Waals surface area contributed by atoms with Crippen LogP contribution in [0.25, 0.3) is 0 Å². The lowest BCUT2D eigenvalue weighted by molar-refractivity contribution is 0.0891. The average molecular weight is 306 g/mol. The molecule has 4 heteroatoms. The van der Waals surface area contributed by atoms with Crippen LogP contribution in [0.5, 0.6) is 0 Å². The van der Waals surface area contributed by atoms with Gasteiger partial charge in [-0.05, 0) is 43.9 Å². The number of amides is 1. The van der Waals surface area contributed by atoms with Crippen LogP contribution < -0.4 is 5.32 Å². The molecule has 1 heterocycles. The zero-order chi connectivity index (χ0) is 16.3. The minimum Gasteiger partial charge on any atom is -0.360 e. The zero-order valence-corrected chi connectivity index (χ0v) is 14.7. The molecule has 2 rings (SSSR count). The molecule has 1 aliphatic carbocycles. The highest BCUT2D eigenvalue weighted by atomic mass is 16.5. The second-order valence-electron chi connectivity index (χ2n) is 7.28. The molecule has 1 aliphatic rings. The van der Waals surface area contributed by atoms with Gasteiger partial charge in [-0.15, -0.1) is 0 Å². The summed E-state index contributed by atoms with van der Waals surface area (Å²) in [6.45, 7) is 10.8. The van der Waals surface area contributed by atoms with E-state index in [1.54, 1.807) is 0 Å². The highest BCUT2D eigenvalue weighted by Crippen LogP contribution is 2.40. The molecule has 22 heavy (non-hydrogen) atoms. The fraction of sp³-hybridized carbons (Fsp3) is 0.778. The largest absolute Gasteiger partial charge is 0.360 e. The van der Waals surface area contributed by atoms with Gasteiger partial charge in [0, 0.05) is 12.5 Å². The molecule has 0 aromatic carbocycles. The molecule has 4 nitrogen and oxygen atoms in total. The molecule has 0 saturated heterocycles. The summed E-state index contributed by atoms with van der Waals surface area (Å²) in [6, 6.07) is 0.287. The quantitative estimate of drug-likeness (QED) is 0.883. The van der Waals surface area contributed by atoms with Crippen molar-refractivity contribution < 1.29 is 9.32 Å². The van der Waals surface area contributed by atoms with Crippen LogP contribution in [0.3, 0.4) is 0 Å². The van der Waals surface area contributed by atoms with E-state index in [1.165, 1.54) is 19.3 Å². The number of hydrogen-bond donors (Lipinski definition) is 1. The lowest BCUT2D eigenvalue weighted by atomic mass is 9.69. The molecule has 0 aliphatic heterocycles. The van der Waals surface area contributed by atoms with E-state index in [4.69, 9.17) is 4.52 Å². The van der Waals surface area contributed by atoms with Gasteiger partial charge in [0.1, 0.15) is 11.3 Å². The number of carbonyl (C=O) groups is 1. The summed E-state index contributed by atoms with van der Waals surface area (Å²) in [5.41, 5.74) is 1.74. The molecule has 124 valence electrons. The first-order valence-electron chi connectivity index (χ1n) is 8.65. The van der Waals surface area contributed by atoms with Crippen LogP contribution in [0.1, 0.15) is 81.6 Å². The van der Waals surface area contributed by atoms with Crippen molar-refractivity contribution in [3.05, 3.63) is 17.0 Å². The zero-order valence-electron chi connectivity index (χ0n) is 14.7. The van der Waals surface area contributed by atoms with E-state index in [1.807, 2.05) is 13.8 Å². The van der Waals surface area contributed by atoms with Gasteiger partial charge in [-0.2, -0.15) is 0 Å². The normalized spacial score (nSPS) is 22.6. The average Bonchev–Trinajstić information content (AvgIpc) is 2.88. The molecule has 1 aromatic rings. The molecule has 1 aromatic heterocycles. The first kappa shape index (κ1) is 17.0. The maximum absolute atomic E-state index is 12.5. The summed E-state index contributed by atoms with van der Waals surface area (Å²) in [4.78, 5) is 12.5. The van der Waals surface area contributed by atoms with E-state index in [9.17, 15) is 4.79 Å². The Hall–Kier alpha value is -1.32. The second kappa shape index (κ2) is 6.84. The Morgan fingerprint density at radius 2 is 1.91 bits per heavy atom. The summed E-state index contributed by atoms with van der Waals surface area (Å²) in [7, 11) is 0. The Morgan fingerprint density at radius 3 is 2.45 bits per heavy atom. The summed E-state index contributed by atoms with van der Waals surface area (Å²) in [5.74, 6) is 1.44. The van der Waals surface area contributed by atoms with Gasteiger partial charge in [-0.25, -0.2) is 0 Å². The smallest absolute Gasteiger partial charge is 0.257 e. The molecule has 1 N–H and O–H groups in total. The van der Waals surface area contributed by atoms with Crippen LogP contribution in [0, 0.1) is 18.3 Å². The van der Waals surface area contributed by atoms with E-state index >= 15 is 0 Å². The third-order valence-electron chi connectivity index (χ3n) is 5.56. The predicted octanol–water partition coefficient (Wildman–Crippen LogP) is 4.27. The Balaban J connectivity index is 1.93. The summed E-state index contributed by atoms with van der Waals surface area (Å²) >= 11 is 0. The van der Waals surface area contributed by atoms with Crippen molar-refractivity contribution in [2.45, 2.75) is 79.2 Å². The number of rotatable bonds is 5. The topological polar surface area (TPSA) is 55.1 Å². The summed E-state index contributed by atoms with van der Waals surface area (Å²) in [5, 5.41) is 7.11. The molecular weight excluding hydrogens is 276 g/mol. The minimum absolute atomic E-state index is 0.0196. The van der Waals surface area contributed by atoms with Crippen molar-refractivity contribution in [3.8, 4) is 0 Å². The molecule has 1 amide bonds. The van der Waals surface area contributed by atoms with Crippen LogP contribution in [-0.2, 0) is 6.42 Å². The molecule has 0 unspecified atom stereocenters. The lowest BCUT2D eigenvalue weighted by Gasteiger charge is -2.39. The number of aromatic nitrogens is 1. The predicted molar refractivity (Wildman–Crippen MR) is 87.9 cm³/mol. The Labute approximate surface area is 134 Å². The van der Waals surface area contributed by atoms with Gasteiger partial charge in [0.2, 0.25) is 0 Å². The van der Waals surface area contributed by atoms with Crippen LogP contribution in [0.4, 0.5) is 0 Å². The van der Waals surface area contributed by atoms with E-state index < -0.39 is 0 Å². The van der Waals surface area contributed by atoms with Gasteiger partial charge < -0.3 is 9.84 Å². The van der Waals surface area contributed by atoms with Gasteiger partial charge in [0.25, 0.3) is 5.91 Å². The molecular formula is C18H30N2O2. The standard InChI is InChI=1S/C18H30N2O2/c1-6-15-16(12(3)20-22-15)17(21)19-14-10-8-13(9-11-14)18(4,5)7-2/h13-14H,6-11H2,1-5H3,(H,19,21). The SMILES string of the molecule is CCc1onc(C)c1C(=O)NC1CCC(C(C)(C)CC)CC1. The Morgan fingerprint density at radius 1 is 1.27 bits per heavy atom. The van der Waals surface area contributed by atoms with Gasteiger partial charge in [0.05, 0.1) is 5.69 Å². The number of hydrogen-bond acceptors (Lipinski definition) is 3. The van der Waals surface area contributed by atoms with Crippen molar-refractivity contribution in [1.82, 2.24) is 10.5 Å². The number of nitrogens with zero attached hydrogens (tertiary/aromatic N) is 1. The number of nitrogens with one attached hydrogen (secondary N) is 1. The molecule has 0 bridgehead atoms. The maximum Gasteiger partial charge on any atom is 0.257 e. The van der Waals surface area contributed by atoms with E-state index in [0.717, 1.165) is 18.8 Å². The van der Waals surface area contributed by atoms with Gasteiger partial charge in [-0.3, -0.25) is 4.79 Å². The summed E-state index contributed by atoms with van der Waals surface area (Å²) in [6.07, 6.45) is 6.47. The number of carbonyl (C=O) groups excluding carboxylic acids is 1. The monoisotopic (exact) mass is 306 g/mol. The van der Waals surface area contributed by atoms with Gasteiger partial charge in [0.15, 0.2) is 0 Å². The van der Waals surface area contributed by atoms with Gasteiger partial charge in [-0.1, -0.05) is 39.3 Å². The molecule has 0 radical (unpaired) electrons. The first-order chi connectivity index (χ1) is 10.4.